The lowest BCUT2D eigenvalue weighted by Gasteiger charge is -1.99. The van der Waals surface area contributed by atoms with Gasteiger partial charge >= 0.3 is 0 Å². The fourth-order valence-corrected chi connectivity index (χ4v) is 2.76. The lowest BCUT2D eigenvalue weighted by Crippen LogP contribution is -2.17. The van der Waals surface area contributed by atoms with Crippen LogP contribution in [0, 0.1) is 6.92 Å². The predicted molar refractivity (Wildman–Crippen MR) is 63.6 cm³/mol. The van der Waals surface area contributed by atoms with Crippen LogP contribution in [0.2, 0.25) is 0 Å². The predicted octanol–water partition coefficient (Wildman–Crippen LogP) is 3.36. The lowest BCUT2D eigenvalue weighted by atomic mass is 10.3. The summed E-state index contributed by atoms with van der Waals surface area (Å²) in [7, 11) is 0. The Labute approximate surface area is 92.7 Å². The van der Waals surface area contributed by atoms with Crippen molar-refractivity contribution in [3.05, 3.63) is 20.3 Å². The van der Waals surface area contributed by atoms with Crippen molar-refractivity contribution in [2.45, 2.75) is 26.7 Å². The third-order valence-corrected chi connectivity index (χ3v) is 4.08. The van der Waals surface area contributed by atoms with Crippen LogP contribution in [0.25, 0.3) is 0 Å². The molecule has 0 atom stereocenters. The van der Waals surface area contributed by atoms with E-state index in [1.165, 1.54) is 20.6 Å². The van der Waals surface area contributed by atoms with Crippen molar-refractivity contribution >= 4 is 27.3 Å². The summed E-state index contributed by atoms with van der Waals surface area (Å²) in [5.41, 5.74) is 0. The van der Waals surface area contributed by atoms with Gasteiger partial charge in [-0.25, -0.2) is 0 Å². The minimum atomic E-state index is 1.10. The molecule has 1 nitrogen and oxygen atoms in total. The van der Waals surface area contributed by atoms with Gasteiger partial charge in [-0.3, -0.25) is 0 Å². The van der Waals surface area contributed by atoms with Gasteiger partial charge in [0.25, 0.3) is 0 Å². The second kappa shape index (κ2) is 5.78. The molecule has 0 fully saturated rings. The highest BCUT2D eigenvalue weighted by molar-refractivity contribution is 9.10. The molecule has 0 aromatic carbocycles. The molecule has 0 spiro atoms. The van der Waals surface area contributed by atoms with Gasteiger partial charge in [0.1, 0.15) is 0 Å². The van der Waals surface area contributed by atoms with E-state index in [2.05, 4.69) is 41.2 Å². The first kappa shape index (κ1) is 11.2. The van der Waals surface area contributed by atoms with Crippen LogP contribution in [-0.2, 0) is 6.42 Å². The molecule has 0 saturated carbocycles. The van der Waals surface area contributed by atoms with Gasteiger partial charge in [-0.1, -0.05) is 6.92 Å². The molecule has 0 aliphatic carbocycles. The van der Waals surface area contributed by atoms with E-state index < -0.39 is 0 Å². The molecule has 0 saturated heterocycles. The van der Waals surface area contributed by atoms with Gasteiger partial charge in [0.05, 0.1) is 0 Å². The van der Waals surface area contributed by atoms with Crippen molar-refractivity contribution in [2.75, 3.05) is 13.1 Å². The molecule has 1 N–H and O–H groups in total. The number of hydrogen-bond acceptors (Lipinski definition) is 2. The zero-order valence-electron chi connectivity index (χ0n) is 8.19. The van der Waals surface area contributed by atoms with E-state index in [4.69, 9.17) is 0 Å². The van der Waals surface area contributed by atoms with Crippen LogP contribution in [0.5, 0.6) is 0 Å². The molecule has 3 heteroatoms. The zero-order valence-corrected chi connectivity index (χ0v) is 10.6. The van der Waals surface area contributed by atoms with Gasteiger partial charge in [-0.2, -0.15) is 0 Å². The third-order valence-electron chi connectivity index (χ3n) is 1.88. The summed E-state index contributed by atoms with van der Waals surface area (Å²) in [6.45, 7) is 6.57. The molecule has 0 radical (unpaired) electrons. The van der Waals surface area contributed by atoms with Crippen LogP contribution in [-0.4, -0.2) is 13.1 Å². The van der Waals surface area contributed by atoms with Crippen molar-refractivity contribution < 1.29 is 0 Å². The Hall–Kier alpha value is 0.140. The van der Waals surface area contributed by atoms with Gasteiger partial charge in [0.15, 0.2) is 0 Å². The molecule has 1 aromatic rings. The molecule has 13 heavy (non-hydrogen) atoms. The van der Waals surface area contributed by atoms with Crippen molar-refractivity contribution in [3.63, 3.8) is 0 Å². The van der Waals surface area contributed by atoms with Crippen molar-refractivity contribution in [3.8, 4) is 0 Å². The maximum Gasteiger partial charge on any atom is 0.0314 e. The molecule has 0 bridgehead atoms. The molecule has 1 heterocycles. The van der Waals surface area contributed by atoms with E-state index in [9.17, 15) is 0 Å². The molecular weight excluding hydrogens is 246 g/mol. The Morgan fingerprint density at radius 2 is 2.23 bits per heavy atom. The monoisotopic (exact) mass is 261 g/mol. The topological polar surface area (TPSA) is 12.0 Å². The van der Waals surface area contributed by atoms with Crippen LogP contribution >= 0.6 is 27.3 Å². The highest BCUT2D eigenvalue weighted by atomic mass is 79.9. The average Bonchev–Trinajstić information content (AvgIpc) is 2.41. The Balaban J connectivity index is 2.29. The Bertz CT molecular complexity index is 238. The Kier molecular flexibility index (Phi) is 4.99. The van der Waals surface area contributed by atoms with Crippen molar-refractivity contribution in [1.82, 2.24) is 5.32 Å². The molecule has 1 aromatic heterocycles. The zero-order chi connectivity index (χ0) is 9.68. The fourth-order valence-electron chi connectivity index (χ4n) is 1.15. The second-order valence-electron chi connectivity index (χ2n) is 3.12. The SMILES string of the molecule is CCCNCCc1cc(Br)c(C)s1. The summed E-state index contributed by atoms with van der Waals surface area (Å²) in [4.78, 5) is 2.85. The minimum Gasteiger partial charge on any atom is -0.316 e. The van der Waals surface area contributed by atoms with Crippen LogP contribution in [0.1, 0.15) is 23.1 Å². The number of rotatable bonds is 5. The molecule has 0 aliphatic heterocycles. The van der Waals surface area contributed by atoms with E-state index in [1.54, 1.807) is 0 Å². The fraction of sp³-hybridized carbons (Fsp3) is 0.600. The van der Waals surface area contributed by atoms with Crippen LogP contribution < -0.4 is 5.32 Å². The van der Waals surface area contributed by atoms with Crippen molar-refractivity contribution in [2.24, 2.45) is 0 Å². The first-order valence-electron chi connectivity index (χ1n) is 4.69. The van der Waals surface area contributed by atoms with Crippen LogP contribution in [0.15, 0.2) is 10.5 Å². The normalized spacial score (nSPS) is 10.7. The van der Waals surface area contributed by atoms with Crippen LogP contribution in [0.4, 0.5) is 0 Å². The first-order valence-corrected chi connectivity index (χ1v) is 6.30. The third kappa shape index (κ3) is 3.79. The van der Waals surface area contributed by atoms with E-state index in [1.807, 2.05) is 11.3 Å². The summed E-state index contributed by atoms with van der Waals surface area (Å²) >= 11 is 5.41. The van der Waals surface area contributed by atoms with Gasteiger partial charge in [0, 0.05) is 14.2 Å². The summed E-state index contributed by atoms with van der Waals surface area (Å²) in [5, 5.41) is 3.40. The Morgan fingerprint density at radius 1 is 1.46 bits per heavy atom. The van der Waals surface area contributed by atoms with E-state index >= 15 is 0 Å². The van der Waals surface area contributed by atoms with Gasteiger partial charge in [-0.15, -0.1) is 11.3 Å². The first-order chi connectivity index (χ1) is 6.24. The largest absolute Gasteiger partial charge is 0.316 e. The number of aryl methyl sites for hydroxylation is 1. The Morgan fingerprint density at radius 3 is 2.77 bits per heavy atom. The molecule has 0 amide bonds. The maximum absolute atomic E-state index is 3.53. The quantitative estimate of drug-likeness (QED) is 0.802. The molecule has 74 valence electrons. The standard InChI is InChI=1S/C10H16BrNS/c1-3-5-12-6-4-9-7-10(11)8(2)13-9/h7,12H,3-6H2,1-2H3. The molecule has 1 rings (SSSR count). The van der Waals surface area contributed by atoms with E-state index in [0.29, 0.717) is 0 Å². The van der Waals surface area contributed by atoms with E-state index in [0.717, 1.165) is 19.5 Å². The summed E-state index contributed by atoms with van der Waals surface area (Å²) < 4.78 is 1.25. The summed E-state index contributed by atoms with van der Waals surface area (Å²) in [6.07, 6.45) is 2.37. The molecule has 0 aliphatic rings. The van der Waals surface area contributed by atoms with Gasteiger partial charge in [0.2, 0.25) is 0 Å². The highest BCUT2D eigenvalue weighted by Gasteiger charge is 2.01. The lowest BCUT2D eigenvalue weighted by molar-refractivity contribution is 0.674. The second-order valence-corrected chi connectivity index (χ2v) is 5.31. The smallest absolute Gasteiger partial charge is 0.0314 e. The summed E-state index contributed by atoms with van der Waals surface area (Å²) in [6, 6.07) is 2.23. The number of nitrogens with one attached hydrogen (secondary N) is 1. The minimum absolute atomic E-state index is 1.10. The van der Waals surface area contributed by atoms with Gasteiger partial charge in [-0.05, 0) is 54.9 Å². The summed E-state index contributed by atoms with van der Waals surface area (Å²) in [5.74, 6) is 0. The number of thiophene rings is 1. The van der Waals surface area contributed by atoms with Gasteiger partial charge < -0.3 is 5.32 Å². The highest BCUT2D eigenvalue weighted by Crippen LogP contribution is 2.26. The molecular formula is C10H16BrNS. The number of halogens is 1. The van der Waals surface area contributed by atoms with Crippen LogP contribution in [0.3, 0.4) is 0 Å². The number of hydrogen-bond donors (Lipinski definition) is 1. The average molecular weight is 262 g/mol. The maximum atomic E-state index is 3.53. The molecule has 0 unspecified atom stereocenters. The van der Waals surface area contributed by atoms with E-state index in [-0.39, 0.29) is 0 Å². The van der Waals surface area contributed by atoms with Crippen molar-refractivity contribution in [1.29, 1.82) is 0 Å².